The minimum atomic E-state index is -3.75. The number of piperidine rings is 1. The van der Waals surface area contributed by atoms with E-state index in [9.17, 15) is 17.6 Å². The molecule has 0 aliphatic carbocycles. The Kier molecular flexibility index (Phi) is 5.28. The van der Waals surface area contributed by atoms with Crippen molar-refractivity contribution in [2.75, 3.05) is 24.5 Å². The van der Waals surface area contributed by atoms with Crippen LogP contribution in [0.3, 0.4) is 0 Å². The third-order valence-electron chi connectivity index (χ3n) is 5.39. The maximum atomic E-state index is 13.1. The van der Waals surface area contributed by atoms with E-state index in [1.54, 1.807) is 4.90 Å². The number of rotatable bonds is 3. The van der Waals surface area contributed by atoms with E-state index in [4.69, 9.17) is 0 Å². The highest BCUT2D eigenvalue weighted by Gasteiger charge is 2.37. The molecule has 0 aromatic heterocycles. The second-order valence-electron chi connectivity index (χ2n) is 7.17. The van der Waals surface area contributed by atoms with Crippen LogP contribution in [0, 0.1) is 11.7 Å². The van der Waals surface area contributed by atoms with Crippen LogP contribution >= 0.6 is 15.9 Å². The van der Waals surface area contributed by atoms with E-state index in [-0.39, 0.29) is 23.3 Å². The molecule has 2 aromatic rings. The Morgan fingerprint density at radius 2 is 1.86 bits per heavy atom. The lowest BCUT2D eigenvalue weighted by atomic mass is 9.98. The van der Waals surface area contributed by atoms with E-state index in [0.29, 0.717) is 25.9 Å². The summed E-state index contributed by atoms with van der Waals surface area (Å²) in [7, 11) is -3.75. The fourth-order valence-electron chi connectivity index (χ4n) is 3.94. The molecule has 5 nitrogen and oxygen atoms in total. The molecule has 148 valence electrons. The van der Waals surface area contributed by atoms with E-state index in [0.717, 1.165) is 34.3 Å². The number of carbonyl (C=O) groups is 1. The van der Waals surface area contributed by atoms with Gasteiger partial charge in [-0.1, -0.05) is 15.9 Å². The molecule has 4 rings (SSSR count). The minimum absolute atomic E-state index is 0.0277. The van der Waals surface area contributed by atoms with Crippen LogP contribution in [0.1, 0.15) is 18.4 Å². The zero-order chi connectivity index (χ0) is 19.9. The van der Waals surface area contributed by atoms with Gasteiger partial charge in [0.05, 0.1) is 10.8 Å². The summed E-state index contributed by atoms with van der Waals surface area (Å²) in [6, 6.07) is 10.7. The molecule has 0 spiro atoms. The molecule has 1 fully saturated rings. The van der Waals surface area contributed by atoms with Crippen LogP contribution < -0.4 is 4.90 Å². The summed E-state index contributed by atoms with van der Waals surface area (Å²) in [4.78, 5) is 15.0. The number of nitrogens with zero attached hydrogens (tertiary/aromatic N) is 2. The number of hydrogen-bond acceptors (Lipinski definition) is 3. The van der Waals surface area contributed by atoms with Gasteiger partial charge in [0.25, 0.3) is 0 Å². The third kappa shape index (κ3) is 3.60. The van der Waals surface area contributed by atoms with Crippen molar-refractivity contribution in [3.8, 4) is 0 Å². The SMILES string of the molecule is O=C([C@@H]1CCCN(S(=O)(=O)c2ccc(F)cc2)C1)N1CCc2cc(Br)ccc21. The fraction of sp³-hybridized carbons (Fsp3) is 0.350. The first-order chi connectivity index (χ1) is 13.4. The normalized spacial score (nSPS) is 20.2. The highest BCUT2D eigenvalue weighted by Crippen LogP contribution is 2.33. The van der Waals surface area contributed by atoms with Crippen molar-refractivity contribution in [3.63, 3.8) is 0 Å². The Balaban J connectivity index is 1.53. The van der Waals surface area contributed by atoms with Crippen molar-refractivity contribution in [3.05, 3.63) is 58.3 Å². The average molecular weight is 467 g/mol. The number of carbonyl (C=O) groups excluding carboxylic acids is 1. The maximum absolute atomic E-state index is 13.1. The standard InChI is InChI=1S/C20H20BrFN2O3S/c21-16-3-8-19-14(12-16)9-11-24(19)20(25)15-2-1-10-23(13-15)28(26,27)18-6-4-17(22)5-7-18/h3-8,12,15H,1-2,9-11,13H2/t15-/m1/s1. The van der Waals surface area contributed by atoms with Crippen molar-refractivity contribution in [2.45, 2.75) is 24.2 Å². The molecular formula is C20H20BrFN2O3S. The van der Waals surface area contributed by atoms with Crippen molar-refractivity contribution in [1.29, 1.82) is 0 Å². The summed E-state index contributed by atoms with van der Waals surface area (Å²) in [5.41, 5.74) is 2.03. The van der Waals surface area contributed by atoms with Crippen LogP contribution in [0.25, 0.3) is 0 Å². The summed E-state index contributed by atoms with van der Waals surface area (Å²) in [6.45, 7) is 1.14. The van der Waals surface area contributed by atoms with Crippen LogP contribution in [-0.4, -0.2) is 38.3 Å². The Morgan fingerprint density at radius 1 is 1.11 bits per heavy atom. The molecule has 0 saturated carbocycles. The summed E-state index contributed by atoms with van der Waals surface area (Å²) >= 11 is 3.45. The van der Waals surface area contributed by atoms with Gasteiger partial charge >= 0.3 is 0 Å². The Morgan fingerprint density at radius 3 is 2.61 bits per heavy atom. The zero-order valence-electron chi connectivity index (χ0n) is 15.1. The topological polar surface area (TPSA) is 57.7 Å². The first-order valence-electron chi connectivity index (χ1n) is 9.22. The number of benzene rings is 2. The Labute approximate surface area is 172 Å². The number of amides is 1. The Bertz CT molecular complexity index is 1010. The van der Waals surface area contributed by atoms with Crippen molar-refractivity contribution >= 4 is 37.5 Å². The monoisotopic (exact) mass is 466 g/mol. The van der Waals surface area contributed by atoms with Crippen molar-refractivity contribution in [2.24, 2.45) is 5.92 Å². The molecule has 1 saturated heterocycles. The molecule has 2 aliphatic heterocycles. The predicted octanol–water partition coefficient (Wildman–Crippen LogP) is 3.58. The molecule has 1 amide bonds. The molecule has 8 heteroatoms. The first-order valence-corrected chi connectivity index (χ1v) is 11.4. The maximum Gasteiger partial charge on any atom is 0.243 e. The van der Waals surface area contributed by atoms with Crippen LogP contribution in [0.15, 0.2) is 51.8 Å². The number of halogens is 2. The van der Waals surface area contributed by atoms with Gasteiger partial charge in [-0.05, 0) is 67.3 Å². The molecule has 0 N–H and O–H groups in total. The number of fused-ring (bicyclic) bond motifs is 1. The minimum Gasteiger partial charge on any atom is -0.312 e. The molecule has 0 radical (unpaired) electrons. The van der Waals surface area contributed by atoms with E-state index < -0.39 is 15.8 Å². The van der Waals surface area contributed by atoms with E-state index in [2.05, 4.69) is 15.9 Å². The van der Waals surface area contributed by atoms with Gasteiger partial charge < -0.3 is 4.90 Å². The van der Waals surface area contributed by atoms with E-state index in [1.807, 2.05) is 18.2 Å². The number of sulfonamides is 1. The Hall–Kier alpha value is -1.77. The van der Waals surface area contributed by atoms with Crippen LogP contribution in [0.4, 0.5) is 10.1 Å². The van der Waals surface area contributed by atoms with Crippen LogP contribution in [0.2, 0.25) is 0 Å². The fourth-order valence-corrected chi connectivity index (χ4v) is 5.87. The average Bonchev–Trinajstić information content (AvgIpc) is 3.10. The number of hydrogen-bond donors (Lipinski definition) is 0. The molecule has 2 heterocycles. The molecule has 0 bridgehead atoms. The molecule has 28 heavy (non-hydrogen) atoms. The molecule has 2 aromatic carbocycles. The second kappa shape index (κ2) is 7.57. The lowest BCUT2D eigenvalue weighted by Crippen LogP contribution is -2.46. The van der Waals surface area contributed by atoms with Gasteiger partial charge in [0.1, 0.15) is 5.82 Å². The van der Waals surface area contributed by atoms with Crippen molar-refractivity contribution < 1.29 is 17.6 Å². The first kappa shape index (κ1) is 19.5. The molecule has 1 atom stereocenters. The van der Waals surface area contributed by atoms with Gasteiger partial charge in [-0.15, -0.1) is 0 Å². The van der Waals surface area contributed by atoms with Crippen LogP contribution in [0.5, 0.6) is 0 Å². The number of anilines is 1. The molecule has 2 aliphatic rings. The summed E-state index contributed by atoms with van der Waals surface area (Å²) in [6.07, 6.45) is 2.08. The smallest absolute Gasteiger partial charge is 0.243 e. The molecule has 0 unspecified atom stereocenters. The van der Waals surface area contributed by atoms with Gasteiger partial charge in [0, 0.05) is 29.8 Å². The van der Waals surface area contributed by atoms with Gasteiger partial charge in [0.2, 0.25) is 15.9 Å². The highest BCUT2D eigenvalue weighted by atomic mass is 79.9. The largest absolute Gasteiger partial charge is 0.312 e. The second-order valence-corrected chi connectivity index (χ2v) is 10.0. The van der Waals surface area contributed by atoms with Gasteiger partial charge in [-0.3, -0.25) is 4.79 Å². The zero-order valence-corrected chi connectivity index (χ0v) is 17.5. The van der Waals surface area contributed by atoms with Gasteiger partial charge in [-0.2, -0.15) is 4.31 Å². The van der Waals surface area contributed by atoms with Crippen molar-refractivity contribution in [1.82, 2.24) is 4.31 Å². The van der Waals surface area contributed by atoms with Gasteiger partial charge in [-0.25, -0.2) is 12.8 Å². The lowest BCUT2D eigenvalue weighted by Gasteiger charge is -2.33. The van der Waals surface area contributed by atoms with Crippen LogP contribution in [-0.2, 0) is 21.2 Å². The molecular weight excluding hydrogens is 447 g/mol. The quantitative estimate of drug-likeness (QED) is 0.694. The van der Waals surface area contributed by atoms with Gasteiger partial charge in [0.15, 0.2) is 0 Å². The highest BCUT2D eigenvalue weighted by molar-refractivity contribution is 9.10. The summed E-state index contributed by atoms with van der Waals surface area (Å²) in [5.74, 6) is -0.886. The lowest BCUT2D eigenvalue weighted by molar-refractivity contribution is -0.123. The third-order valence-corrected chi connectivity index (χ3v) is 7.76. The predicted molar refractivity (Wildman–Crippen MR) is 108 cm³/mol. The summed E-state index contributed by atoms with van der Waals surface area (Å²) in [5, 5.41) is 0. The summed E-state index contributed by atoms with van der Waals surface area (Å²) < 4.78 is 41.3. The van der Waals surface area contributed by atoms with E-state index >= 15 is 0 Å². The van der Waals surface area contributed by atoms with E-state index in [1.165, 1.54) is 16.4 Å².